The van der Waals surface area contributed by atoms with Crippen molar-refractivity contribution in [3.63, 3.8) is 0 Å². The predicted molar refractivity (Wildman–Crippen MR) is 86.7 cm³/mol. The fourth-order valence-electron chi connectivity index (χ4n) is 2.59. The van der Waals surface area contributed by atoms with Gasteiger partial charge in [-0.25, -0.2) is 4.79 Å². The second kappa shape index (κ2) is 6.54. The number of benzene rings is 2. The highest BCUT2D eigenvalue weighted by Crippen LogP contribution is 2.41. The van der Waals surface area contributed by atoms with Crippen LogP contribution in [0.2, 0.25) is 0 Å². The number of carboxylic acids is 1. The molecule has 26 heavy (non-hydrogen) atoms. The monoisotopic (exact) mass is 377 g/mol. The highest BCUT2D eigenvalue weighted by Gasteiger charge is 2.33. The number of nitrogens with zero attached hydrogens (tertiary/aromatic N) is 3. The molecule has 0 aliphatic rings. The molecule has 0 atom stereocenters. The Morgan fingerprint density at radius 2 is 1.96 bits per heavy atom. The minimum Gasteiger partial charge on any atom is -0.495 e. The average molecular weight is 377 g/mol. The van der Waals surface area contributed by atoms with E-state index in [1.807, 2.05) is 0 Å². The van der Waals surface area contributed by atoms with E-state index in [-0.39, 0.29) is 22.6 Å². The third-order valence-corrected chi connectivity index (χ3v) is 4.50. The first-order chi connectivity index (χ1) is 12.3. The fraction of sp³-hybridized carbons (Fsp3) is 0.0667. The molecule has 0 bridgehead atoms. The molecule has 3 aromatic rings. The van der Waals surface area contributed by atoms with Crippen LogP contribution in [0.3, 0.4) is 0 Å². The van der Waals surface area contributed by atoms with Crippen molar-refractivity contribution in [3.8, 4) is 22.6 Å². The predicted octanol–water partition coefficient (Wildman–Crippen LogP) is 0.702. The van der Waals surface area contributed by atoms with E-state index in [0.717, 1.165) is 17.2 Å². The van der Waals surface area contributed by atoms with E-state index in [1.54, 1.807) is 30.3 Å². The Labute approximate surface area is 147 Å². The van der Waals surface area contributed by atoms with Gasteiger partial charge in [0.2, 0.25) is 5.69 Å². The molecule has 0 radical (unpaired) electrons. The number of carboxylic acid groups (broad SMARTS) is 1. The van der Waals surface area contributed by atoms with Crippen LogP contribution in [0.4, 0.5) is 0 Å². The van der Waals surface area contributed by atoms with Crippen LogP contribution in [-0.2, 0) is 10.1 Å². The highest BCUT2D eigenvalue weighted by atomic mass is 32.2. The number of hydrogen-bond acceptors (Lipinski definition) is 6. The maximum Gasteiger partial charge on any atom is 0.339 e. The lowest BCUT2D eigenvalue weighted by Gasteiger charge is -2.16. The van der Waals surface area contributed by atoms with Gasteiger partial charge in [0.25, 0.3) is 16.4 Å². The lowest BCUT2D eigenvalue weighted by molar-refractivity contribution is -0.718. The number of rotatable bonds is 5. The van der Waals surface area contributed by atoms with E-state index in [0.29, 0.717) is 5.56 Å². The van der Waals surface area contributed by atoms with Gasteiger partial charge in [0.15, 0.2) is 4.90 Å². The second-order valence-corrected chi connectivity index (χ2v) is 6.46. The summed E-state index contributed by atoms with van der Waals surface area (Å²) in [6, 6.07) is 9.13. The van der Waals surface area contributed by atoms with Crippen LogP contribution in [0.25, 0.3) is 16.8 Å². The number of aromatic amines is 1. The smallest absolute Gasteiger partial charge is 0.339 e. The second-order valence-electron chi connectivity index (χ2n) is 5.10. The molecule has 0 aliphatic carbocycles. The molecule has 0 amide bonds. The zero-order chi connectivity index (χ0) is 18.9. The van der Waals surface area contributed by atoms with E-state index in [1.165, 1.54) is 7.11 Å². The molecule has 0 saturated carbocycles. The van der Waals surface area contributed by atoms with Crippen LogP contribution < -0.4 is 9.53 Å². The van der Waals surface area contributed by atoms with E-state index in [2.05, 4.69) is 15.4 Å². The van der Waals surface area contributed by atoms with Gasteiger partial charge < -0.3 is 9.84 Å². The zero-order valence-corrected chi connectivity index (χ0v) is 14.1. The Morgan fingerprint density at radius 1 is 1.27 bits per heavy atom. The lowest BCUT2D eigenvalue weighted by Crippen LogP contribution is -2.38. The summed E-state index contributed by atoms with van der Waals surface area (Å²) in [5.74, 6) is -1.55. The first-order valence-corrected chi connectivity index (χ1v) is 8.58. The number of tetrazole rings is 1. The number of H-pyrrole nitrogens is 1. The highest BCUT2D eigenvalue weighted by molar-refractivity contribution is 7.86. The van der Waals surface area contributed by atoms with Crippen molar-refractivity contribution in [2.75, 3.05) is 7.11 Å². The molecular formula is C15H13N4O6S+. The van der Waals surface area contributed by atoms with Gasteiger partial charge in [-0.3, -0.25) is 4.55 Å². The van der Waals surface area contributed by atoms with Crippen LogP contribution in [0, 0.1) is 0 Å². The molecule has 2 aromatic carbocycles. The van der Waals surface area contributed by atoms with Crippen molar-refractivity contribution in [1.82, 2.24) is 15.4 Å². The van der Waals surface area contributed by atoms with Gasteiger partial charge >= 0.3 is 5.97 Å². The van der Waals surface area contributed by atoms with Crippen molar-refractivity contribution < 1.29 is 32.4 Å². The largest absolute Gasteiger partial charge is 0.495 e. The molecule has 1 heterocycles. The van der Waals surface area contributed by atoms with Crippen LogP contribution in [-0.4, -0.2) is 46.6 Å². The summed E-state index contributed by atoms with van der Waals surface area (Å²) < 4.78 is 39.4. The normalized spacial score (nSPS) is 11.3. The first-order valence-electron chi connectivity index (χ1n) is 7.14. The number of nitrogens with one attached hydrogen (secondary N) is 1. The van der Waals surface area contributed by atoms with Crippen LogP contribution in [0.1, 0.15) is 10.4 Å². The van der Waals surface area contributed by atoms with Crippen LogP contribution >= 0.6 is 0 Å². The van der Waals surface area contributed by atoms with Gasteiger partial charge in [-0.1, -0.05) is 30.3 Å². The molecule has 0 unspecified atom stereocenters. The van der Waals surface area contributed by atoms with E-state index in [4.69, 9.17) is 4.74 Å². The fourth-order valence-corrected chi connectivity index (χ4v) is 3.47. The molecule has 0 fully saturated rings. The van der Waals surface area contributed by atoms with Crippen molar-refractivity contribution >= 4 is 16.1 Å². The van der Waals surface area contributed by atoms with Gasteiger partial charge in [-0.2, -0.15) is 8.42 Å². The molecule has 0 spiro atoms. The number of ether oxygens (including phenoxy) is 1. The van der Waals surface area contributed by atoms with Gasteiger partial charge in [0, 0.05) is 6.07 Å². The van der Waals surface area contributed by atoms with E-state index >= 15 is 0 Å². The third-order valence-electron chi connectivity index (χ3n) is 3.57. The average Bonchev–Trinajstić information content (AvgIpc) is 3.14. The van der Waals surface area contributed by atoms with Crippen molar-refractivity contribution in [2.24, 2.45) is 0 Å². The minimum atomic E-state index is -4.79. The topological polar surface area (TPSA) is 146 Å². The Kier molecular flexibility index (Phi) is 4.40. The first kappa shape index (κ1) is 17.5. The van der Waals surface area contributed by atoms with Gasteiger partial charge in [-0.05, 0) is 20.7 Å². The number of aromatic nitrogens is 4. The molecule has 11 heteroatoms. The standard InChI is InChI=1S/C15H12N4O6S/c1-25-13-10(15(20)21)7-11(19-17-8-16-18-19)14(26(22,23)24)12(13)9-5-3-2-4-6-9/h2-8H,1H3,(H2,20,21,22,23,24)/p+1. The Hall–Kier alpha value is -3.31. The zero-order valence-electron chi connectivity index (χ0n) is 13.3. The SMILES string of the molecule is COc1c(C(=O)O)cc(-[n+]2ncn[nH]2)c(S(=O)(=O)O)c1-c1ccccc1. The summed E-state index contributed by atoms with van der Waals surface area (Å²) in [6.45, 7) is 0. The quantitative estimate of drug-likeness (QED) is 0.435. The summed E-state index contributed by atoms with van der Waals surface area (Å²) in [5, 5.41) is 19.3. The molecule has 0 saturated heterocycles. The van der Waals surface area contributed by atoms with Gasteiger partial charge in [-0.15, -0.1) is 0 Å². The summed E-state index contributed by atoms with van der Waals surface area (Å²) in [7, 11) is -3.58. The minimum absolute atomic E-state index is 0.102. The molecule has 1 aromatic heterocycles. The number of hydrogen-bond donors (Lipinski definition) is 3. The van der Waals surface area contributed by atoms with Crippen LogP contribution in [0.15, 0.2) is 47.6 Å². The van der Waals surface area contributed by atoms with Crippen molar-refractivity contribution in [2.45, 2.75) is 4.90 Å². The number of aromatic carboxylic acids is 1. The molecule has 3 rings (SSSR count). The molecule has 0 aliphatic heterocycles. The van der Waals surface area contributed by atoms with Crippen molar-refractivity contribution in [3.05, 3.63) is 48.3 Å². The summed E-state index contributed by atoms with van der Waals surface area (Å²) >= 11 is 0. The summed E-state index contributed by atoms with van der Waals surface area (Å²) in [4.78, 5) is 12.1. The van der Waals surface area contributed by atoms with Gasteiger partial charge in [0.1, 0.15) is 11.3 Å². The van der Waals surface area contributed by atoms with Crippen molar-refractivity contribution in [1.29, 1.82) is 0 Å². The molecule has 3 N–H and O–H groups in total. The van der Waals surface area contributed by atoms with E-state index < -0.39 is 21.0 Å². The molecular weight excluding hydrogens is 364 g/mol. The third kappa shape index (κ3) is 3.00. The Bertz CT molecular complexity index is 1070. The van der Waals surface area contributed by atoms with Crippen LogP contribution in [0.5, 0.6) is 5.75 Å². The maximum atomic E-state index is 12.2. The summed E-state index contributed by atoms with van der Waals surface area (Å²) in [5.41, 5.74) is -0.296. The molecule has 10 nitrogen and oxygen atoms in total. The Morgan fingerprint density at radius 3 is 2.46 bits per heavy atom. The van der Waals surface area contributed by atoms with Gasteiger partial charge in [0.05, 0.1) is 17.8 Å². The molecule has 134 valence electrons. The lowest BCUT2D eigenvalue weighted by atomic mass is 10.00. The number of carbonyl (C=O) groups is 1. The maximum absolute atomic E-state index is 12.2. The van der Waals surface area contributed by atoms with E-state index in [9.17, 15) is 22.9 Å². The number of methoxy groups -OCH3 is 1. The Balaban J connectivity index is 2.56. The summed E-state index contributed by atoms with van der Waals surface area (Å²) in [6.07, 6.45) is 1.10.